The van der Waals surface area contributed by atoms with Crippen LogP contribution in [0.15, 0.2) is 0 Å². The number of amides is 1. The summed E-state index contributed by atoms with van der Waals surface area (Å²) in [5.74, 6) is 0. The van der Waals surface area contributed by atoms with E-state index in [1.54, 1.807) is 19.1 Å². The van der Waals surface area contributed by atoms with Gasteiger partial charge in [0, 0.05) is 27.2 Å². The lowest BCUT2D eigenvalue weighted by molar-refractivity contribution is 0.00378. The molecule has 0 spiro atoms. The molecule has 0 aromatic carbocycles. The van der Waals surface area contributed by atoms with Crippen molar-refractivity contribution in [2.45, 2.75) is 38.5 Å². The average Bonchev–Trinajstić information content (AvgIpc) is 2.61. The number of likely N-dealkylation sites (N-methyl/N-ethyl adjacent to an activating group) is 1. The number of carbonyl (C=O) groups excluding carboxylic acids is 1. The van der Waals surface area contributed by atoms with Crippen LogP contribution in [-0.4, -0.2) is 56.0 Å². The first-order chi connectivity index (χ1) is 7.35. The van der Waals surface area contributed by atoms with E-state index in [0.29, 0.717) is 0 Å². The van der Waals surface area contributed by atoms with E-state index in [9.17, 15) is 4.79 Å². The van der Waals surface area contributed by atoms with Crippen LogP contribution < -0.4 is 5.32 Å². The number of carbonyl (C=O) groups is 1. The molecular weight excluding hydrogens is 208 g/mol. The van der Waals surface area contributed by atoms with Crippen LogP contribution in [-0.2, 0) is 9.47 Å². The summed E-state index contributed by atoms with van der Waals surface area (Å²) >= 11 is 0. The van der Waals surface area contributed by atoms with Crippen molar-refractivity contribution in [2.24, 2.45) is 0 Å². The summed E-state index contributed by atoms with van der Waals surface area (Å²) in [5, 5.41) is 3.20. The lowest BCUT2D eigenvalue weighted by Crippen LogP contribution is -2.46. The Kier molecular flexibility index (Phi) is 4.15. The molecule has 1 saturated heterocycles. The molecule has 94 valence electrons. The fourth-order valence-corrected chi connectivity index (χ4v) is 1.74. The Morgan fingerprint density at radius 1 is 1.38 bits per heavy atom. The Hall–Kier alpha value is -0.810. The summed E-state index contributed by atoms with van der Waals surface area (Å²) in [6.07, 6.45) is -0.263. The van der Waals surface area contributed by atoms with Gasteiger partial charge >= 0.3 is 6.09 Å². The van der Waals surface area contributed by atoms with Crippen LogP contribution >= 0.6 is 0 Å². The van der Waals surface area contributed by atoms with Gasteiger partial charge in [0.1, 0.15) is 5.60 Å². The van der Waals surface area contributed by atoms with E-state index >= 15 is 0 Å². The van der Waals surface area contributed by atoms with E-state index in [-0.39, 0.29) is 18.2 Å². The van der Waals surface area contributed by atoms with Gasteiger partial charge in [0.15, 0.2) is 0 Å². The number of rotatable bonds is 2. The first-order valence-electron chi connectivity index (χ1n) is 5.54. The number of ether oxygens (including phenoxy) is 2. The predicted octanol–water partition coefficient (Wildman–Crippen LogP) is 0.840. The summed E-state index contributed by atoms with van der Waals surface area (Å²) in [5.41, 5.74) is -0.458. The second kappa shape index (κ2) is 5.01. The Morgan fingerprint density at radius 3 is 2.50 bits per heavy atom. The molecule has 2 unspecified atom stereocenters. The Balaban J connectivity index is 2.56. The zero-order valence-electron chi connectivity index (χ0n) is 10.7. The Morgan fingerprint density at radius 2 is 2.00 bits per heavy atom. The second-order valence-electron chi connectivity index (χ2n) is 5.09. The van der Waals surface area contributed by atoms with Gasteiger partial charge in [0.05, 0.1) is 12.1 Å². The normalized spacial score (nSPS) is 25.6. The maximum atomic E-state index is 11.8. The molecule has 0 bridgehead atoms. The molecule has 16 heavy (non-hydrogen) atoms. The molecule has 5 heteroatoms. The maximum absolute atomic E-state index is 11.8. The van der Waals surface area contributed by atoms with Gasteiger partial charge < -0.3 is 19.7 Å². The van der Waals surface area contributed by atoms with E-state index in [2.05, 4.69) is 5.32 Å². The summed E-state index contributed by atoms with van der Waals surface area (Å²) in [4.78, 5) is 13.4. The van der Waals surface area contributed by atoms with Crippen molar-refractivity contribution in [3.05, 3.63) is 0 Å². The maximum Gasteiger partial charge on any atom is 0.410 e. The molecule has 1 N–H and O–H groups in total. The molecule has 1 rings (SSSR count). The molecule has 0 aromatic heterocycles. The summed E-state index contributed by atoms with van der Waals surface area (Å²) in [7, 11) is 3.41. The molecule has 1 heterocycles. The lowest BCUT2D eigenvalue weighted by Gasteiger charge is -2.30. The van der Waals surface area contributed by atoms with Crippen LogP contribution in [0.1, 0.15) is 20.8 Å². The predicted molar refractivity (Wildman–Crippen MR) is 61.5 cm³/mol. The van der Waals surface area contributed by atoms with Crippen LogP contribution in [0.5, 0.6) is 0 Å². The van der Waals surface area contributed by atoms with Crippen LogP contribution in [0.3, 0.4) is 0 Å². The summed E-state index contributed by atoms with van der Waals surface area (Å²) in [6.45, 7) is 7.10. The van der Waals surface area contributed by atoms with E-state index in [4.69, 9.17) is 9.47 Å². The van der Waals surface area contributed by atoms with E-state index < -0.39 is 5.60 Å². The number of methoxy groups -OCH3 is 1. The zero-order chi connectivity index (χ0) is 12.3. The number of nitrogens with one attached hydrogen (secondary N) is 1. The van der Waals surface area contributed by atoms with Crippen LogP contribution in [0.4, 0.5) is 4.79 Å². The van der Waals surface area contributed by atoms with Crippen molar-refractivity contribution in [1.29, 1.82) is 0 Å². The van der Waals surface area contributed by atoms with Crippen molar-refractivity contribution < 1.29 is 14.3 Å². The standard InChI is InChI=1S/C11H22N2O3/c1-11(2,3)16-10(14)13(4)8-6-12-7-9(8)15-5/h8-9,12H,6-7H2,1-5H3. The van der Waals surface area contributed by atoms with E-state index in [0.717, 1.165) is 13.1 Å². The van der Waals surface area contributed by atoms with Crippen molar-refractivity contribution in [3.8, 4) is 0 Å². The van der Waals surface area contributed by atoms with Crippen molar-refractivity contribution >= 4 is 6.09 Å². The molecule has 0 radical (unpaired) electrons. The van der Waals surface area contributed by atoms with E-state index in [1.165, 1.54) is 0 Å². The third-order valence-corrected chi connectivity index (χ3v) is 2.61. The topological polar surface area (TPSA) is 50.8 Å². The molecule has 5 nitrogen and oxygen atoms in total. The first-order valence-corrected chi connectivity index (χ1v) is 5.54. The zero-order valence-corrected chi connectivity index (χ0v) is 10.7. The fraction of sp³-hybridized carbons (Fsp3) is 0.909. The molecule has 1 amide bonds. The molecule has 0 aliphatic carbocycles. The summed E-state index contributed by atoms with van der Waals surface area (Å²) < 4.78 is 10.6. The van der Waals surface area contributed by atoms with Gasteiger partial charge in [-0.15, -0.1) is 0 Å². The Bertz CT molecular complexity index is 250. The van der Waals surface area contributed by atoms with Gasteiger partial charge in [-0.05, 0) is 20.8 Å². The minimum absolute atomic E-state index is 0.0394. The highest BCUT2D eigenvalue weighted by Crippen LogP contribution is 2.15. The molecule has 0 saturated carbocycles. The van der Waals surface area contributed by atoms with Gasteiger partial charge in [-0.1, -0.05) is 0 Å². The summed E-state index contributed by atoms with van der Waals surface area (Å²) in [6, 6.07) is 0.0415. The number of nitrogens with zero attached hydrogens (tertiary/aromatic N) is 1. The van der Waals surface area contributed by atoms with Gasteiger partial charge in [-0.25, -0.2) is 4.79 Å². The minimum Gasteiger partial charge on any atom is -0.444 e. The fourth-order valence-electron chi connectivity index (χ4n) is 1.74. The quantitative estimate of drug-likeness (QED) is 0.763. The SMILES string of the molecule is COC1CNCC1N(C)C(=O)OC(C)(C)C. The van der Waals surface area contributed by atoms with Crippen LogP contribution in [0.25, 0.3) is 0 Å². The molecule has 0 aromatic rings. The molecule has 1 aliphatic heterocycles. The highest BCUT2D eigenvalue weighted by molar-refractivity contribution is 5.68. The highest BCUT2D eigenvalue weighted by atomic mass is 16.6. The van der Waals surface area contributed by atoms with Crippen molar-refractivity contribution in [1.82, 2.24) is 10.2 Å². The van der Waals surface area contributed by atoms with Gasteiger partial charge in [0.25, 0.3) is 0 Å². The monoisotopic (exact) mass is 230 g/mol. The van der Waals surface area contributed by atoms with E-state index in [1.807, 2.05) is 20.8 Å². The lowest BCUT2D eigenvalue weighted by atomic mass is 10.2. The molecule has 2 atom stereocenters. The first kappa shape index (κ1) is 13.3. The molecular formula is C11H22N2O3. The average molecular weight is 230 g/mol. The van der Waals surface area contributed by atoms with Crippen LogP contribution in [0.2, 0.25) is 0 Å². The Labute approximate surface area is 97.1 Å². The van der Waals surface area contributed by atoms with Crippen molar-refractivity contribution in [3.63, 3.8) is 0 Å². The van der Waals surface area contributed by atoms with Crippen LogP contribution in [0, 0.1) is 0 Å². The van der Waals surface area contributed by atoms with Gasteiger partial charge in [-0.2, -0.15) is 0 Å². The largest absolute Gasteiger partial charge is 0.444 e. The second-order valence-corrected chi connectivity index (χ2v) is 5.09. The van der Waals surface area contributed by atoms with Gasteiger partial charge in [-0.3, -0.25) is 0 Å². The third-order valence-electron chi connectivity index (χ3n) is 2.61. The number of hydrogen-bond acceptors (Lipinski definition) is 4. The minimum atomic E-state index is -0.458. The number of hydrogen-bond donors (Lipinski definition) is 1. The molecule has 1 aliphatic rings. The smallest absolute Gasteiger partial charge is 0.410 e. The van der Waals surface area contributed by atoms with Crippen molar-refractivity contribution in [2.75, 3.05) is 27.2 Å². The highest BCUT2D eigenvalue weighted by Gasteiger charge is 2.34. The third kappa shape index (κ3) is 3.35. The molecule has 1 fully saturated rings. The van der Waals surface area contributed by atoms with Gasteiger partial charge in [0.2, 0.25) is 0 Å².